The summed E-state index contributed by atoms with van der Waals surface area (Å²) in [5.41, 5.74) is 8.47. The van der Waals surface area contributed by atoms with Gasteiger partial charge in [-0.15, -0.1) is 0 Å². The highest BCUT2D eigenvalue weighted by molar-refractivity contribution is 5.64. The molecule has 98 valence electrons. The second-order valence-corrected chi connectivity index (χ2v) is 5.53. The molecule has 0 heterocycles. The molecule has 0 bridgehead atoms. The molecule has 0 nitrogen and oxygen atoms in total. The van der Waals surface area contributed by atoms with Crippen molar-refractivity contribution in [2.45, 2.75) is 48.5 Å². The number of hydrogen-bond donors (Lipinski definition) is 0. The summed E-state index contributed by atoms with van der Waals surface area (Å²) in [6.07, 6.45) is 8.76. The van der Waals surface area contributed by atoms with E-state index in [1.165, 1.54) is 33.4 Å². The maximum Gasteiger partial charge on any atom is -0.0193 e. The molecular formula is C18H26. The first-order valence-corrected chi connectivity index (χ1v) is 6.78. The second-order valence-electron chi connectivity index (χ2n) is 5.53. The third-order valence-electron chi connectivity index (χ3n) is 3.93. The molecule has 1 rings (SSSR count). The fraction of sp³-hybridized carbons (Fsp3) is 0.444. The van der Waals surface area contributed by atoms with Gasteiger partial charge in [0.2, 0.25) is 0 Å². The fourth-order valence-corrected chi connectivity index (χ4v) is 2.22. The van der Waals surface area contributed by atoms with Gasteiger partial charge in [0.1, 0.15) is 0 Å². The third kappa shape index (κ3) is 3.13. The van der Waals surface area contributed by atoms with Crippen LogP contribution in [0.5, 0.6) is 0 Å². The van der Waals surface area contributed by atoms with Crippen molar-refractivity contribution in [3.63, 3.8) is 0 Å². The van der Waals surface area contributed by atoms with E-state index in [4.69, 9.17) is 0 Å². The average molecular weight is 242 g/mol. The summed E-state index contributed by atoms with van der Waals surface area (Å²) in [7, 11) is 0. The molecule has 0 unspecified atom stereocenters. The predicted molar refractivity (Wildman–Crippen MR) is 83.1 cm³/mol. The van der Waals surface area contributed by atoms with Gasteiger partial charge in [-0.2, -0.15) is 0 Å². The molecule has 0 radical (unpaired) electrons. The Morgan fingerprint density at radius 3 is 1.56 bits per heavy atom. The van der Waals surface area contributed by atoms with Crippen LogP contribution in [0.3, 0.4) is 0 Å². The van der Waals surface area contributed by atoms with Crippen LogP contribution in [0.15, 0.2) is 18.2 Å². The van der Waals surface area contributed by atoms with Crippen LogP contribution in [0.2, 0.25) is 0 Å². The van der Waals surface area contributed by atoms with Crippen molar-refractivity contribution < 1.29 is 0 Å². The minimum absolute atomic E-state index is 0.610. The zero-order chi connectivity index (χ0) is 13.9. The van der Waals surface area contributed by atoms with Crippen LogP contribution in [0.4, 0.5) is 0 Å². The first kappa shape index (κ1) is 14.8. The van der Waals surface area contributed by atoms with Crippen molar-refractivity contribution in [1.82, 2.24) is 0 Å². The Morgan fingerprint density at radius 2 is 1.11 bits per heavy atom. The molecule has 1 aromatic rings. The molecule has 0 heteroatoms. The lowest BCUT2D eigenvalue weighted by atomic mass is 9.89. The Balaban J connectivity index is 3.18. The monoisotopic (exact) mass is 242 g/mol. The zero-order valence-corrected chi connectivity index (χ0v) is 12.9. The molecule has 0 atom stereocenters. The van der Waals surface area contributed by atoms with Crippen molar-refractivity contribution in [2.24, 2.45) is 5.92 Å². The molecule has 0 saturated carbocycles. The van der Waals surface area contributed by atoms with Crippen LogP contribution in [0.1, 0.15) is 47.2 Å². The first-order chi connectivity index (χ1) is 8.36. The second kappa shape index (κ2) is 6.04. The fourth-order valence-electron chi connectivity index (χ4n) is 2.22. The maximum absolute atomic E-state index is 2.24. The van der Waals surface area contributed by atoms with Crippen molar-refractivity contribution in [3.05, 3.63) is 51.6 Å². The van der Waals surface area contributed by atoms with Crippen molar-refractivity contribution in [2.75, 3.05) is 0 Å². The smallest absolute Gasteiger partial charge is 0.0193 e. The van der Waals surface area contributed by atoms with Gasteiger partial charge < -0.3 is 0 Å². The van der Waals surface area contributed by atoms with E-state index >= 15 is 0 Å². The van der Waals surface area contributed by atoms with Crippen LogP contribution < -0.4 is 0 Å². The van der Waals surface area contributed by atoms with Crippen LogP contribution in [-0.2, 0) is 0 Å². The minimum Gasteiger partial charge on any atom is -0.0820 e. The highest BCUT2D eigenvalue weighted by atomic mass is 14.1. The molecule has 0 aliphatic rings. The molecule has 0 aliphatic heterocycles. The van der Waals surface area contributed by atoms with E-state index in [0.29, 0.717) is 5.92 Å². The SMILES string of the molecule is Cc1c(C)c(C)c(/C=C/C=C/C(C)C)c(C)c1C. The van der Waals surface area contributed by atoms with Crippen molar-refractivity contribution in [3.8, 4) is 0 Å². The maximum atomic E-state index is 2.24. The van der Waals surface area contributed by atoms with Gasteiger partial charge in [0.05, 0.1) is 0 Å². The molecule has 0 fully saturated rings. The van der Waals surface area contributed by atoms with Gasteiger partial charge in [-0.1, -0.05) is 38.2 Å². The molecule has 0 spiro atoms. The Morgan fingerprint density at radius 1 is 0.667 bits per heavy atom. The number of rotatable bonds is 3. The van der Waals surface area contributed by atoms with Crippen molar-refractivity contribution in [1.29, 1.82) is 0 Å². The largest absolute Gasteiger partial charge is 0.0820 e. The van der Waals surface area contributed by atoms with E-state index in [9.17, 15) is 0 Å². The van der Waals surface area contributed by atoms with Crippen LogP contribution >= 0.6 is 0 Å². The Labute approximate surface area is 112 Å². The standard InChI is InChI=1S/C18H26/c1-12(2)10-8-9-11-18-16(6)14(4)13(3)15(5)17(18)7/h8-12H,1-7H3/b10-8+,11-9+. The summed E-state index contributed by atoms with van der Waals surface area (Å²) >= 11 is 0. The Kier molecular flexibility index (Phi) is 4.95. The molecule has 0 aliphatic carbocycles. The molecule has 18 heavy (non-hydrogen) atoms. The average Bonchev–Trinajstić information content (AvgIpc) is 2.32. The molecular weight excluding hydrogens is 216 g/mol. The summed E-state index contributed by atoms with van der Waals surface area (Å²) in [5.74, 6) is 0.610. The lowest BCUT2D eigenvalue weighted by Gasteiger charge is -2.16. The van der Waals surface area contributed by atoms with E-state index < -0.39 is 0 Å². The molecule has 0 amide bonds. The van der Waals surface area contributed by atoms with Gasteiger partial charge in [0.25, 0.3) is 0 Å². The predicted octanol–water partition coefficient (Wildman–Crippen LogP) is 5.45. The van der Waals surface area contributed by atoms with E-state index in [1.54, 1.807) is 0 Å². The molecule has 0 saturated heterocycles. The number of hydrogen-bond acceptors (Lipinski definition) is 0. The summed E-state index contributed by atoms with van der Waals surface area (Å²) in [4.78, 5) is 0. The van der Waals surface area contributed by atoms with E-state index in [2.05, 4.69) is 72.8 Å². The van der Waals surface area contributed by atoms with Gasteiger partial charge in [0.15, 0.2) is 0 Å². The topological polar surface area (TPSA) is 0 Å². The quantitative estimate of drug-likeness (QED) is 0.618. The normalized spacial score (nSPS) is 12.2. The van der Waals surface area contributed by atoms with Gasteiger partial charge in [-0.05, 0) is 73.9 Å². The lowest BCUT2D eigenvalue weighted by Crippen LogP contribution is -1.98. The third-order valence-corrected chi connectivity index (χ3v) is 3.93. The van der Waals surface area contributed by atoms with E-state index in [0.717, 1.165) is 0 Å². The summed E-state index contributed by atoms with van der Waals surface area (Å²) < 4.78 is 0. The minimum atomic E-state index is 0.610. The van der Waals surface area contributed by atoms with Crippen LogP contribution in [0, 0.1) is 40.5 Å². The summed E-state index contributed by atoms with van der Waals surface area (Å²) in [5, 5.41) is 0. The molecule has 0 N–H and O–H groups in total. The van der Waals surface area contributed by atoms with Gasteiger partial charge >= 0.3 is 0 Å². The zero-order valence-electron chi connectivity index (χ0n) is 12.9. The lowest BCUT2D eigenvalue weighted by molar-refractivity contribution is 0.832. The highest BCUT2D eigenvalue weighted by Crippen LogP contribution is 2.26. The van der Waals surface area contributed by atoms with Crippen LogP contribution in [0.25, 0.3) is 6.08 Å². The Bertz CT molecular complexity index is 456. The van der Waals surface area contributed by atoms with E-state index in [-0.39, 0.29) is 0 Å². The first-order valence-electron chi connectivity index (χ1n) is 6.78. The van der Waals surface area contributed by atoms with Crippen molar-refractivity contribution >= 4 is 6.08 Å². The molecule has 1 aromatic carbocycles. The molecule has 0 aromatic heterocycles. The summed E-state index contributed by atoms with van der Waals surface area (Å²) in [6, 6.07) is 0. The number of benzene rings is 1. The van der Waals surface area contributed by atoms with Gasteiger partial charge in [-0.3, -0.25) is 0 Å². The number of allylic oxidation sites excluding steroid dienone is 3. The highest BCUT2D eigenvalue weighted by Gasteiger charge is 2.09. The van der Waals surface area contributed by atoms with E-state index in [1.807, 2.05) is 0 Å². The Hall–Kier alpha value is -1.30. The van der Waals surface area contributed by atoms with Gasteiger partial charge in [0, 0.05) is 0 Å². The summed E-state index contributed by atoms with van der Waals surface area (Å²) in [6.45, 7) is 15.5. The van der Waals surface area contributed by atoms with Gasteiger partial charge in [-0.25, -0.2) is 0 Å². The van der Waals surface area contributed by atoms with Crippen LogP contribution in [-0.4, -0.2) is 0 Å².